The molecule has 31 heavy (non-hydrogen) atoms. The molecule has 2 aromatic rings. The van der Waals surface area contributed by atoms with Crippen LogP contribution >= 0.6 is 23.2 Å². The number of hydrogen-bond donors (Lipinski definition) is 0. The molecule has 3 unspecified atom stereocenters. The second-order valence-corrected chi connectivity index (χ2v) is 9.42. The second kappa shape index (κ2) is 10.6. The number of carbonyl (C=O) groups excluding carboxylic acids is 1. The quantitative estimate of drug-likeness (QED) is 0.413. The Balaban J connectivity index is 1.57. The molecule has 4 atom stereocenters. The van der Waals surface area contributed by atoms with Crippen LogP contribution in [0.5, 0.6) is 17.4 Å². The van der Waals surface area contributed by atoms with Crippen molar-refractivity contribution in [1.29, 1.82) is 0 Å². The highest BCUT2D eigenvalue weighted by Crippen LogP contribution is 2.36. The first-order chi connectivity index (χ1) is 14.7. The number of carbonyl (C=O) groups is 1. The van der Waals surface area contributed by atoms with E-state index >= 15 is 0 Å². The van der Waals surface area contributed by atoms with Crippen LogP contribution < -0.4 is 9.47 Å². The topological polar surface area (TPSA) is 57.7 Å². The van der Waals surface area contributed by atoms with Gasteiger partial charge in [-0.2, -0.15) is 0 Å². The van der Waals surface area contributed by atoms with E-state index in [1.165, 1.54) is 12.6 Å². The van der Waals surface area contributed by atoms with Gasteiger partial charge in [-0.05, 0) is 67.9 Å². The molecule has 0 saturated heterocycles. The summed E-state index contributed by atoms with van der Waals surface area (Å²) < 4.78 is 17.3. The molecule has 0 radical (unpaired) electrons. The van der Waals surface area contributed by atoms with E-state index in [1.807, 2.05) is 0 Å². The van der Waals surface area contributed by atoms with E-state index < -0.39 is 6.10 Å². The lowest BCUT2D eigenvalue weighted by Gasteiger charge is -2.37. The molecule has 0 aliphatic heterocycles. The fourth-order valence-corrected chi connectivity index (χ4v) is 4.34. The van der Waals surface area contributed by atoms with Crippen LogP contribution in [0.1, 0.15) is 47.0 Å². The van der Waals surface area contributed by atoms with Crippen molar-refractivity contribution in [2.75, 3.05) is 0 Å². The first-order valence-corrected chi connectivity index (χ1v) is 11.4. The lowest BCUT2D eigenvalue weighted by molar-refractivity contribution is -0.163. The fraction of sp³-hybridized carbons (Fsp3) is 0.500. The largest absolute Gasteiger partial charge is 0.479 e. The number of halogens is 2. The summed E-state index contributed by atoms with van der Waals surface area (Å²) in [7, 11) is 0. The normalized spacial score (nSPS) is 22.1. The molecule has 0 bridgehead atoms. The summed E-state index contributed by atoms with van der Waals surface area (Å²) in [6.45, 7) is 8.31. The molecule has 1 fully saturated rings. The zero-order valence-electron chi connectivity index (χ0n) is 18.3. The summed E-state index contributed by atoms with van der Waals surface area (Å²) in [5.41, 5.74) is 0. The minimum Gasteiger partial charge on any atom is -0.479 e. The minimum atomic E-state index is -0.704. The number of rotatable bonds is 7. The predicted molar refractivity (Wildman–Crippen MR) is 122 cm³/mol. The maximum atomic E-state index is 12.7. The number of ether oxygens (including phenoxy) is 3. The third-order valence-electron chi connectivity index (χ3n) is 5.69. The van der Waals surface area contributed by atoms with Gasteiger partial charge in [-0.3, -0.25) is 0 Å². The zero-order valence-corrected chi connectivity index (χ0v) is 19.8. The zero-order chi connectivity index (χ0) is 22.5. The highest BCUT2D eigenvalue weighted by molar-refractivity contribution is 6.35. The molecule has 1 aromatic heterocycles. The highest BCUT2D eigenvalue weighted by Gasteiger charge is 2.34. The summed E-state index contributed by atoms with van der Waals surface area (Å²) in [4.78, 5) is 16.7. The van der Waals surface area contributed by atoms with Crippen molar-refractivity contribution < 1.29 is 19.0 Å². The van der Waals surface area contributed by atoms with E-state index in [9.17, 15) is 4.79 Å². The molecule has 1 heterocycles. The van der Waals surface area contributed by atoms with Crippen molar-refractivity contribution >= 4 is 29.2 Å². The number of esters is 1. The number of hydrogen-bond acceptors (Lipinski definition) is 5. The molecule has 0 spiro atoms. The van der Waals surface area contributed by atoms with Crippen molar-refractivity contribution in [3.63, 3.8) is 0 Å². The molecule has 5 nitrogen and oxygen atoms in total. The van der Waals surface area contributed by atoms with Crippen molar-refractivity contribution in [2.24, 2.45) is 17.8 Å². The van der Waals surface area contributed by atoms with Gasteiger partial charge in [-0.1, -0.05) is 50.4 Å². The Kier molecular flexibility index (Phi) is 8.06. The van der Waals surface area contributed by atoms with Gasteiger partial charge in [0, 0.05) is 6.20 Å². The average molecular weight is 466 g/mol. The molecule has 1 saturated carbocycles. The monoisotopic (exact) mass is 465 g/mol. The Morgan fingerprint density at radius 3 is 2.42 bits per heavy atom. The van der Waals surface area contributed by atoms with Gasteiger partial charge in [0.1, 0.15) is 22.6 Å². The molecule has 0 amide bonds. The fourth-order valence-electron chi connectivity index (χ4n) is 3.92. The average Bonchev–Trinajstić information content (AvgIpc) is 2.71. The smallest absolute Gasteiger partial charge is 0.347 e. The number of benzene rings is 1. The van der Waals surface area contributed by atoms with Gasteiger partial charge in [-0.15, -0.1) is 0 Å². The van der Waals surface area contributed by atoms with E-state index in [0.717, 1.165) is 12.8 Å². The van der Waals surface area contributed by atoms with Crippen molar-refractivity contribution in [3.8, 4) is 17.4 Å². The Morgan fingerprint density at radius 2 is 1.77 bits per heavy atom. The van der Waals surface area contributed by atoms with Crippen LogP contribution in [0.25, 0.3) is 0 Å². The van der Waals surface area contributed by atoms with E-state index in [1.54, 1.807) is 37.3 Å². The predicted octanol–water partition coefficient (Wildman–Crippen LogP) is 6.95. The van der Waals surface area contributed by atoms with E-state index in [4.69, 9.17) is 37.4 Å². The van der Waals surface area contributed by atoms with Crippen LogP contribution in [0.15, 0.2) is 36.5 Å². The molecular formula is C24H29Cl2NO4. The molecule has 168 valence electrons. The first-order valence-electron chi connectivity index (χ1n) is 10.7. The number of nitrogens with zero attached hydrogens (tertiary/aromatic N) is 1. The second-order valence-electron chi connectivity index (χ2n) is 8.58. The van der Waals surface area contributed by atoms with Crippen LogP contribution in [0.3, 0.4) is 0 Å². The number of aromatic nitrogens is 1. The van der Waals surface area contributed by atoms with Gasteiger partial charge in [0.2, 0.25) is 5.88 Å². The van der Waals surface area contributed by atoms with Crippen LogP contribution in [0.2, 0.25) is 10.0 Å². The lowest BCUT2D eigenvalue weighted by Crippen LogP contribution is -2.39. The minimum absolute atomic E-state index is 0.0466. The van der Waals surface area contributed by atoms with E-state index in [2.05, 4.69) is 25.8 Å². The number of pyridine rings is 1. The Morgan fingerprint density at radius 1 is 1.10 bits per heavy atom. The summed E-state index contributed by atoms with van der Waals surface area (Å²) in [5, 5.41) is 0.755. The lowest BCUT2D eigenvalue weighted by atomic mass is 9.75. The Hall–Kier alpha value is -1.98. The summed E-state index contributed by atoms with van der Waals surface area (Å²) in [6.07, 6.45) is 3.91. The summed E-state index contributed by atoms with van der Waals surface area (Å²) in [5.74, 6) is 2.47. The Bertz CT molecular complexity index is 888. The molecule has 3 rings (SSSR count). The standard InChI is InChI=1S/C24H29Cl2NO4/c1-14(2)20-10-5-15(3)11-22(20)31-24(28)16(4)29-18-6-8-19(9-7-18)30-23-21(26)12-17(25)13-27-23/h6-9,12-16,20,22H,5,10-11H2,1-4H3/t15?,16-,20?,22?/m1/s1. The molecule has 7 heteroatoms. The van der Waals surface area contributed by atoms with Crippen LogP contribution in [-0.2, 0) is 9.53 Å². The molecule has 1 aliphatic carbocycles. The maximum absolute atomic E-state index is 12.7. The third-order valence-corrected chi connectivity index (χ3v) is 6.16. The SMILES string of the molecule is CC1CCC(C(C)C)C(OC(=O)[C@@H](C)Oc2ccc(Oc3ncc(Cl)cc3Cl)cc2)C1. The van der Waals surface area contributed by atoms with Gasteiger partial charge in [0.25, 0.3) is 0 Å². The van der Waals surface area contributed by atoms with Crippen LogP contribution in [-0.4, -0.2) is 23.2 Å². The van der Waals surface area contributed by atoms with Crippen molar-refractivity contribution in [3.05, 3.63) is 46.6 Å². The van der Waals surface area contributed by atoms with Crippen LogP contribution in [0.4, 0.5) is 0 Å². The molecule has 0 N–H and O–H groups in total. The molecular weight excluding hydrogens is 437 g/mol. The van der Waals surface area contributed by atoms with Gasteiger partial charge in [-0.25, -0.2) is 9.78 Å². The first kappa shape index (κ1) is 23.7. The molecule has 1 aromatic carbocycles. The molecule has 1 aliphatic rings. The van der Waals surface area contributed by atoms with Crippen LogP contribution in [0, 0.1) is 17.8 Å². The Labute approximate surface area is 194 Å². The summed E-state index contributed by atoms with van der Waals surface area (Å²) in [6, 6.07) is 8.45. The van der Waals surface area contributed by atoms with Gasteiger partial charge >= 0.3 is 5.97 Å². The maximum Gasteiger partial charge on any atom is 0.347 e. The van der Waals surface area contributed by atoms with E-state index in [-0.39, 0.29) is 18.0 Å². The van der Waals surface area contributed by atoms with Gasteiger partial charge < -0.3 is 14.2 Å². The third kappa shape index (κ3) is 6.50. The van der Waals surface area contributed by atoms with Crippen molar-refractivity contribution in [1.82, 2.24) is 4.98 Å². The van der Waals surface area contributed by atoms with Gasteiger partial charge in [0.05, 0.1) is 5.02 Å². The highest BCUT2D eigenvalue weighted by atomic mass is 35.5. The van der Waals surface area contributed by atoms with E-state index in [0.29, 0.717) is 39.3 Å². The van der Waals surface area contributed by atoms with Gasteiger partial charge in [0.15, 0.2) is 6.10 Å². The van der Waals surface area contributed by atoms with Crippen molar-refractivity contribution in [2.45, 2.75) is 59.2 Å². The summed E-state index contributed by atoms with van der Waals surface area (Å²) >= 11 is 11.9.